The van der Waals surface area contributed by atoms with Crippen LogP contribution in [0.3, 0.4) is 0 Å². The smallest absolute Gasteiger partial charge is 0.231 e. The van der Waals surface area contributed by atoms with Crippen molar-refractivity contribution in [3.8, 4) is 58.2 Å². The van der Waals surface area contributed by atoms with Gasteiger partial charge in [0.2, 0.25) is 13.6 Å². The first kappa shape index (κ1) is 35.3. The molecule has 12 heteroatoms. The second-order valence-electron chi connectivity index (χ2n) is 10.8. The fourth-order valence-corrected chi connectivity index (χ4v) is 4.87. The van der Waals surface area contributed by atoms with Gasteiger partial charge >= 0.3 is 0 Å². The molecule has 0 bridgehead atoms. The molecule has 2 N–H and O–H groups in total. The lowest BCUT2D eigenvalue weighted by atomic mass is 10.3. The largest absolute Gasteiger partial charge is 1.00 e. The summed E-state index contributed by atoms with van der Waals surface area (Å²) in [6, 6.07) is 11.2. The van der Waals surface area contributed by atoms with Crippen LogP contribution in [-0.2, 0) is 0 Å². The molecule has 0 radical (unpaired) electrons. The number of halogens is 2. The van der Waals surface area contributed by atoms with Crippen LogP contribution in [0.4, 0.5) is 0 Å². The van der Waals surface area contributed by atoms with Gasteiger partial charge in [0.05, 0.1) is 26.2 Å². The molecule has 0 unspecified atom stereocenters. The molecule has 0 saturated carbocycles. The lowest BCUT2D eigenvalue weighted by molar-refractivity contribution is -0.897. The van der Waals surface area contributed by atoms with Crippen LogP contribution in [0.5, 0.6) is 34.5 Å². The maximum atomic E-state index is 5.61. The molecule has 4 aliphatic heterocycles. The molecule has 0 amide bonds. The highest BCUT2D eigenvalue weighted by Crippen LogP contribution is 2.35. The van der Waals surface area contributed by atoms with Crippen LogP contribution < -0.4 is 63.0 Å². The second-order valence-corrected chi connectivity index (χ2v) is 10.8. The van der Waals surface area contributed by atoms with E-state index in [2.05, 4.69) is 47.6 Å². The van der Waals surface area contributed by atoms with Crippen molar-refractivity contribution < 1.29 is 63.0 Å². The van der Waals surface area contributed by atoms with Crippen LogP contribution in [0.2, 0.25) is 0 Å². The van der Waals surface area contributed by atoms with E-state index in [9.17, 15) is 0 Å². The minimum atomic E-state index is 0. The molecule has 4 heterocycles. The number of fused-ring (bicyclic) bond motifs is 2. The maximum absolute atomic E-state index is 5.61. The molecule has 240 valence electrons. The summed E-state index contributed by atoms with van der Waals surface area (Å²) >= 11 is 0. The molecule has 2 aromatic rings. The molecular formula is C32H42Cl2N4O6. The molecule has 2 aromatic carbocycles. The van der Waals surface area contributed by atoms with Crippen LogP contribution in [0.15, 0.2) is 36.4 Å². The third kappa shape index (κ3) is 11.0. The van der Waals surface area contributed by atoms with Crippen molar-refractivity contribution in [1.29, 1.82) is 0 Å². The molecule has 0 aliphatic carbocycles. The summed E-state index contributed by atoms with van der Waals surface area (Å²) in [5.41, 5.74) is 0. The monoisotopic (exact) mass is 648 g/mol. The van der Waals surface area contributed by atoms with E-state index in [0.29, 0.717) is 13.2 Å². The minimum Gasteiger partial charge on any atom is -1.00 e. The van der Waals surface area contributed by atoms with Gasteiger partial charge in [0.15, 0.2) is 23.0 Å². The van der Waals surface area contributed by atoms with Gasteiger partial charge in [-0.3, -0.25) is 9.80 Å². The van der Waals surface area contributed by atoms with Gasteiger partial charge in [0.1, 0.15) is 37.8 Å². The highest BCUT2D eigenvalue weighted by Gasteiger charge is 2.17. The Morgan fingerprint density at radius 1 is 0.591 bits per heavy atom. The first-order valence-corrected chi connectivity index (χ1v) is 14.6. The van der Waals surface area contributed by atoms with E-state index < -0.39 is 0 Å². The predicted molar refractivity (Wildman–Crippen MR) is 158 cm³/mol. The van der Waals surface area contributed by atoms with Crippen molar-refractivity contribution in [3.05, 3.63) is 36.4 Å². The minimum absolute atomic E-state index is 0. The number of hydrogen-bond donors (Lipinski definition) is 2. The highest BCUT2D eigenvalue weighted by molar-refractivity contribution is 5.47. The Bertz CT molecular complexity index is 1200. The number of piperazine rings is 2. The van der Waals surface area contributed by atoms with E-state index in [1.165, 1.54) is 26.2 Å². The SMILES string of the molecule is CN1CC[NH+](CC#CCOc2ccc3c(c2)OCO3)CC1.CN1CC[NH+](CC#CCOc2ccc3c(c2)OCO3)CC1.[Cl-].[Cl-]. The van der Waals surface area contributed by atoms with Crippen LogP contribution >= 0.6 is 0 Å². The second kappa shape index (κ2) is 18.6. The van der Waals surface area contributed by atoms with Gasteiger partial charge in [0, 0.05) is 38.3 Å². The summed E-state index contributed by atoms with van der Waals surface area (Å²) < 4.78 is 32.4. The lowest BCUT2D eigenvalue weighted by Gasteiger charge is -2.28. The molecule has 4 aliphatic rings. The van der Waals surface area contributed by atoms with E-state index in [0.717, 1.165) is 73.8 Å². The van der Waals surface area contributed by atoms with E-state index in [4.69, 9.17) is 28.4 Å². The van der Waals surface area contributed by atoms with E-state index in [1.54, 1.807) is 9.80 Å². The van der Waals surface area contributed by atoms with Crippen molar-refractivity contribution in [2.45, 2.75) is 0 Å². The van der Waals surface area contributed by atoms with Gasteiger partial charge in [-0.1, -0.05) is 11.8 Å². The zero-order valence-electron chi connectivity index (χ0n) is 25.5. The molecule has 6 rings (SSSR count). The van der Waals surface area contributed by atoms with Gasteiger partial charge in [-0.25, -0.2) is 0 Å². The summed E-state index contributed by atoms with van der Waals surface area (Å²) in [7, 11) is 4.34. The summed E-state index contributed by atoms with van der Waals surface area (Å²) in [6.07, 6.45) is 0. The predicted octanol–water partition coefficient (Wildman–Crippen LogP) is -6.74. The summed E-state index contributed by atoms with van der Waals surface area (Å²) in [6.45, 7) is 12.5. The molecule has 0 atom stereocenters. The molecule has 44 heavy (non-hydrogen) atoms. The molecular weight excluding hydrogens is 607 g/mol. The van der Waals surface area contributed by atoms with Crippen molar-refractivity contribution >= 4 is 0 Å². The Labute approximate surface area is 273 Å². The molecule has 2 fully saturated rings. The number of quaternary nitrogens is 2. The number of nitrogens with one attached hydrogen (secondary N) is 2. The zero-order chi connectivity index (χ0) is 29.0. The van der Waals surface area contributed by atoms with Crippen molar-refractivity contribution in [2.75, 3.05) is 106 Å². The first-order chi connectivity index (χ1) is 20.6. The highest BCUT2D eigenvalue weighted by atomic mass is 35.5. The standard InChI is InChI=1S/2C16H20N2O3.2ClH/c2*1-17-7-9-18(10-8-17)6-2-3-11-19-14-4-5-15-16(12-14)21-13-20-15;;/h2*4-5,12H,6-11,13H2,1H3;2*1H. The number of nitrogens with zero attached hydrogens (tertiary/aromatic N) is 2. The number of benzene rings is 2. The number of hydrogen-bond acceptors (Lipinski definition) is 8. The van der Waals surface area contributed by atoms with Gasteiger partial charge in [-0.15, -0.1) is 0 Å². The van der Waals surface area contributed by atoms with Crippen LogP contribution in [0, 0.1) is 23.7 Å². The quantitative estimate of drug-likeness (QED) is 0.300. The van der Waals surface area contributed by atoms with Crippen LogP contribution in [0.25, 0.3) is 0 Å². The Kier molecular flexibility index (Phi) is 14.9. The third-order valence-corrected chi connectivity index (χ3v) is 7.63. The van der Waals surface area contributed by atoms with Crippen molar-refractivity contribution in [3.63, 3.8) is 0 Å². The lowest BCUT2D eigenvalue weighted by Crippen LogP contribution is -3.14. The van der Waals surface area contributed by atoms with Crippen molar-refractivity contribution in [1.82, 2.24) is 9.80 Å². The van der Waals surface area contributed by atoms with Gasteiger partial charge < -0.3 is 63.0 Å². The Morgan fingerprint density at radius 2 is 0.977 bits per heavy atom. The number of rotatable bonds is 6. The topological polar surface area (TPSA) is 70.7 Å². The molecule has 0 spiro atoms. The number of ether oxygens (including phenoxy) is 6. The third-order valence-electron chi connectivity index (χ3n) is 7.63. The van der Waals surface area contributed by atoms with Gasteiger partial charge in [-0.05, 0) is 50.2 Å². The first-order valence-electron chi connectivity index (χ1n) is 14.6. The Morgan fingerprint density at radius 3 is 1.39 bits per heavy atom. The van der Waals surface area contributed by atoms with Crippen molar-refractivity contribution in [2.24, 2.45) is 0 Å². The molecule has 2 saturated heterocycles. The fraction of sp³-hybridized carbons (Fsp3) is 0.500. The summed E-state index contributed by atoms with van der Waals surface area (Å²) in [5.74, 6) is 17.1. The average molecular weight is 650 g/mol. The zero-order valence-corrected chi connectivity index (χ0v) is 27.0. The average Bonchev–Trinajstić information content (AvgIpc) is 3.68. The van der Waals surface area contributed by atoms with Gasteiger partial charge in [0.25, 0.3) is 0 Å². The number of likely N-dealkylation sites (N-methyl/N-ethyl adjacent to an activating group) is 2. The van der Waals surface area contributed by atoms with Crippen LogP contribution in [-0.4, -0.2) is 116 Å². The molecule has 10 nitrogen and oxygen atoms in total. The van der Waals surface area contributed by atoms with Crippen LogP contribution in [0.1, 0.15) is 0 Å². The Hall–Kier alpha value is -3.22. The summed E-state index contributed by atoms with van der Waals surface area (Å²) in [4.78, 5) is 7.84. The normalized spacial score (nSPS) is 17.3. The summed E-state index contributed by atoms with van der Waals surface area (Å²) in [5, 5.41) is 0. The van der Waals surface area contributed by atoms with E-state index >= 15 is 0 Å². The maximum Gasteiger partial charge on any atom is 0.231 e. The molecule has 0 aromatic heterocycles. The van der Waals surface area contributed by atoms with Gasteiger partial charge in [-0.2, -0.15) is 0 Å². The Balaban J connectivity index is 0.000000230. The fourth-order valence-electron chi connectivity index (χ4n) is 4.87. The van der Waals surface area contributed by atoms with E-state index in [-0.39, 0.29) is 38.4 Å². The van der Waals surface area contributed by atoms with E-state index in [1.807, 2.05) is 36.4 Å².